The first-order valence-corrected chi connectivity index (χ1v) is 8.63. The van der Waals surface area contributed by atoms with Crippen LogP contribution in [0.4, 0.5) is 13.2 Å². The minimum atomic E-state index is -4.46. The zero-order valence-electron chi connectivity index (χ0n) is 14.5. The van der Waals surface area contributed by atoms with Crippen LogP contribution in [0, 0.1) is 5.92 Å². The van der Waals surface area contributed by atoms with E-state index in [-0.39, 0.29) is 24.1 Å². The summed E-state index contributed by atoms with van der Waals surface area (Å²) in [4.78, 5) is 12.1. The zero-order chi connectivity index (χ0) is 17.9. The van der Waals surface area contributed by atoms with Gasteiger partial charge in [-0.25, -0.2) is 0 Å². The fourth-order valence-corrected chi connectivity index (χ4v) is 3.23. The maximum Gasteiger partial charge on any atom is 0.435 e. The van der Waals surface area contributed by atoms with E-state index in [1.54, 1.807) is 0 Å². The summed E-state index contributed by atoms with van der Waals surface area (Å²) in [7, 11) is 0. The molecule has 7 heteroatoms. The molecule has 0 fully saturated rings. The highest BCUT2D eigenvalue weighted by Gasteiger charge is 2.40. The fraction of sp³-hybridized carbons (Fsp3) is 0.765. The average molecular weight is 345 g/mol. The Morgan fingerprint density at radius 1 is 1.25 bits per heavy atom. The number of alkyl halides is 3. The van der Waals surface area contributed by atoms with E-state index in [1.807, 2.05) is 6.92 Å². The Morgan fingerprint density at radius 2 is 1.96 bits per heavy atom. The summed E-state index contributed by atoms with van der Waals surface area (Å²) in [5.74, 6) is 0.346. The van der Waals surface area contributed by atoms with Crippen LogP contribution < -0.4 is 5.32 Å². The maximum absolute atomic E-state index is 13.0. The molecular formula is C17H26F3N3O. The minimum absolute atomic E-state index is 0.0157. The van der Waals surface area contributed by atoms with Crippen molar-refractivity contribution in [2.24, 2.45) is 5.92 Å². The maximum atomic E-state index is 13.0. The highest BCUT2D eigenvalue weighted by Crippen LogP contribution is 2.36. The molecule has 2 rings (SSSR count). The smallest absolute Gasteiger partial charge is 0.352 e. The Morgan fingerprint density at radius 3 is 2.58 bits per heavy atom. The minimum Gasteiger partial charge on any atom is -0.352 e. The molecule has 0 aromatic carbocycles. The summed E-state index contributed by atoms with van der Waals surface area (Å²) >= 11 is 0. The SMILES string of the molecule is CC(C)CCCC(C)NC(=O)Cn1nc(C(F)(F)F)c2c1CCC2. The van der Waals surface area contributed by atoms with Gasteiger partial charge in [-0.2, -0.15) is 18.3 Å². The second kappa shape index (κ2) is 7.57. The molecule has 1 aliphatic rings. The Hall–Kier alpha value is -1.53. The molecule has 1 aromatic rings. The van der Waals surface area contributed by atoms with Gasteiger partial charge < -0.3 is 5.32 Å². The van der Waals surface area contributed by atoms with Crippen molar-refractivity contribution in [1.29, 1.82) is 0 Å². The van der Waals surface area contributed by atoms with Crippen LogP contribution in [0.2, 0.25) is 0 Å². The van der Waals surface area contributed by atoms with E-state index in [1.165, 1.54) is 4.68 Å². The molecule has 1 aliphatic carbocycles. The number of carbonyl (C=O) groups is 1. The van der Waals surface area contributed by atoms with Crippen molar-refractivity contribution in [3.05, 3.63) is 17.0 Å². The molecule has 1 heterocycles. The first-order valence-electron chi connectivity index (χ1n) is 8.63. The number of hydrogen-bond acceptors (Lipinski definition) is 2. The summed E-state index contributed by atoms with van der Waals surface area (Å²) in [5.41, 5.74) is -0.00185. The molecule has 1 amide bonds. The van der Waals surface area contributed by atoms with Crippen LogP contribution in [0.1, 0.15) is 63.4 Å². The van der Waals surface area contributed by atoms with Crippen molar-refractivity contribution in [3.8, 4) is 0 Å². The Bertz CT molecular complexity index is 578. The highest BCUT2D eigenvalue weighted by atomic mass is 19.4. The van der Waals surface area contributed by atoms with Gasteiger partial charge in [0.15, 0.2) is 5.69 Å². The molecule has 1 unspecified atom stereocenters. The normalized spacial score (nSPS) is 15.6. The molecule has 1 N–H and O–H groups in total. The van der Waals surface area contributed by atoms with E-state index in [2.05, 4.69) is 24.3 Å². The van der Waals surface area contributed by atoms with Gasteiger partial charge in [-0.15, -0.1) is 0 Å². The van der Waals surface area contributed by atoms with Crippen molar-refractivity contribution >= 4 is 5.91 Å². The van der Waals surface area contributed by atoms with Crippen molar-refractivity contribution in [1.82, 2.24) is 15.1 Å². The first kappa shape index (κ1) is 18.8. The van der Waals surface area contributed by atoms with Crippen LogP contribution in [0.25, 0.3) is 0 Å². The Kier molecular flexibility index (Phi) is 5.93. The van der Waals surface area contributed by atoms with Crippen molar-refractivity contribution in [3.63, 3.8) is 0 Å². The molecule has 1 atom stereocenters. The van der Waals surface area contributed by atoms with E-state index < -0.39 is 11.9 Å². The molecule has 0 saturated carbocycles. The van der Waals surface area contributed by atoms with Gasteiger partial charge in [0.2, 0.25) is 5.91 Å². The third-order valence-electron chi connectivity index (χ3n) is 4.39. The zero-order valence-corrected chi connectivity index (χ0v) is 14.5. The van der Waals surface area contributed by atoms with Crippen LogP contribution in [-0.4, -0.2) is 21.7 Å². The van der Waals surface area contributed by atoms with Crippen molar-refractivity contribution < 1.29 is 18.0 Å². The number of nitrogens with one attached hydrogen (secondary N) is 1. The van der Waals surface area contributed by atoms with Crippen LogP contribution in [0.15, 0.2) is 0 Å². The van der Waals surface area contributed by atoms with Gasteiger partial charge >= 0.3 is 6.18 Å². The molecule has 0 radical (unpaired) electrons. The standard InChI is InChI=1S/C17H26F3N3O/c1-11(2)6-4-7-12(3)21-15(24)10-23-14-9-5-8-13(14)16(22-23)17(18,19)20/h11-12H,4-10H2,1-3H3,(H,21,24). The Balaban J connectivity index is 1.95. The van der Waals surface area contributed by atoms with Crippen LogP contribution in [-0.2, 0) is 30.4 Å². The third kappa shape index (κ3) is 4.74. The third-order valence-corrected chi connectivity index (χ3v) is 4.39. The summed E-state index contributed by atoms with van der Waals surface area (Å²) in [5, 5.41) is 6.53. The number of nitrogens with zero attached hydrogens (tertiary/aromatic N) is 2. The molecule has 0 aliphatic heterocycles. The van der Waals surface area contributed by atoms with Gasteiger partial charge in [-0.1, -0.05) is 26.7 Å². The summed E-state index contributed by atoms with van der Waals surface area (Å²) in [6.45, 7) is 6.08. The van der Waals surface area contributed by atoms with Gasteiger partial charge in [0.25, 0.3) is 0 Å². The molecule has 0 spiro atoms. The fourth-order valence-electron chi connectivity index (χ4n) is 3.23. The monoisotopic (exact) mass is 345 g/mol. The van der Waals surface area contributed by atoms with E-state index in [9.17, 15) is 18.0 Å². The number of amides is 1. The number of aromatic nitrogens is 2. The number of carbonyl (C=O) groups excluding carboxylic acids is 1. The van der Waals surface area contributed by atoms with Gasteiger partial charge in [0, 0.05) is 17.3 Å². The first-order chi connectivity index (χ1) is 11.2. The summed E-state index contributed by atoms with van der Waals surface area (Å²) in [6, 6.07) is 0.0157. The van der Waals surface area contributed by atoms with E-state index in [0.717, 1.165) is 19.3 Å². The van der Waals surface area contributed by atoms with E-state index in [0.29, 0.717) is 30.9 Å². The Labute approximate surface area is 140 Å². The lowest BCUT2D eigenvalue weighted by Crippen LogP contribution is -2.35. The van der Waals surface area contributed by atoms with Gasteiger partial charge in [-0.3, -0.25) is 9.48 Å². The second-order valence-corrected chi connectivity index (χ2v) is 7.08. The van der Waals surface area contributed by atoms with Gasteiger partial charge in [-0.05, 0) is 38.5 Å². The second-order valence-electron chi connectivity index (χ2n) is 7.08. The number of halogens is 3. The van der Waals surface area contributed by atoms with Gasteiger partial charge in [0.1, 0.15) is 6.54 Å². The highest BCUT2D eigenvalue weighted by molar-refractivity contribution is 5.76. The molecule has 24 heavy (non-hydrogen) atoms. The predicted molar refractivity (Wildman–Crippen MR) is 85.5 cm³/mol. The molecular weight excluding hydrogens is 319 g/mol. The summed E-state index contributed by atoms with van der Waals surface area (Å²) in [6.07, 6.45) is 0.155. The molecule has 136 valence electrons. The number of rotatable bonds is 7. The molecule has 1 aromatic heterocycles. The topological polar surface area (TPSA) is 46.9 Å². The van der Waals surface area contributed by atoms with Crippen molar-refractivity contribution in [2.45, 2.75) is 78.1 Å². The number of fused-ring (bicyclic) bond motifs is 1. The van der Waals surface area contributed by atoms with Crippen LogP contribution >= 0.6 is 0 Å². The van der Waals surface area contributed by atoms with Crippen molar-refractivity contribution in [2.75, 3.05) is 0 Å². The lowest BCUT2D eigenvalue weighted by atomic mass is 10.0. The quantitative estimate of drug-likeness (QED) is 0.819. The van der Waals surface area contributed by atoms with E-state index >= 15 is 0 Å². The predicted octanol–water partition coefficient (Wildman–Crippen LogP) is 3.72. The molecule has 0 bridgehead atoms. The largest absolute Gasteiger partial charge is 0.435 e. The molecule has 4 nitrogen and oxygen atoms in total. The lowest BCUT2D eigenvalue weighted by Gasteiger charge is -2.15. The van der Waals surface area contributed by atoms with Gasteiger partial charge in [0.05, 0.1) is 0 Å². The summed E-state index contributed by atoms with van der Waals surface area (Å²) < 4.78 is 40.3. The van der Waals surface area contributed by atoms with Crippen LogP contribution in [0.5, 0.6) is 0 Å². The van der Waals surface area contributed by atoms with Crippen LogP contribution in [0.3, 0.4) is 0 Å². The average Bonchev–Trinajstić information content (AvgIpc) is 3.00. The molecule has 0 saturated heterocycles. The number of hydrogen-bond donors (Lipinski definition) is 1. The lowest BCUT2D eigenvalue weighted by molar-refractivity contribution is -0.142. The van der Waals surface area contributed by atoms with E-state index in [4.69, 9.17) is 0 Å².